The van der Waals surface area contributed by atoms with Gasteiger partial charge in [-0.15, -0.1) is 11.3 Å². The molecule has 1 aliphatic rings. The summed E-state index contributed by atoms with van der Waals surface area (Å²) in [6.07, 6.45) is 4.27. The number of aliphatic hydroxyl groups is 1. The van der Waals surface area contributed by atoms with Crippen molar-refractivity contribution in [3.05, 3.63) is 35.0 Å². The van der Waals surface area contributed by atoms with Crippen molar-refractivity contribution in [3.8, 4) is 0 Å². The molecule has 7 nitrogen and oxygen atoms in total. The Morgan fingerprint density at radius 3 is 2.71 bits per heavy atom. The number of ether oxygens (including phenoxy) is 1. The molecule has 2 N–H and O–H groups in total. The first kappa shape index (κ1) is 20.5. The molecular formula is C20H28N4O3S. The Kier molecular flexibility index (Phi) is 6.51. The van der Waals surface area contributed by atoms with Crippen molar-refractivity contribution in [2.75, 3.05) is 18.4 Å². The predicted molar refractivity (Wildman–Crippen MR) is 110 cm³/mol. The van der Waals surface area contributed by atoms with E-state index in [1.165, 1.54) is 11.3 Å². The Hall–Kier alpha value is -2.19. The van der Waals surface area contributed by atoms with Gasteiger partial charge in [0.2, 0.25) is 0 Å². The molecule has 3 rings (SSSR count). The fourth-order valence-electron chi connectivity index (χ4n) is 3.29. The van der Waals surface area contributed by atoms with E-state index in [0.717, 1.165) is 30.0 Å². The van der Waals surface area contributed by atoms with Crippen LogP contribution in [-0.2, 0) is 17.8 Å². The molecule has 0 saturated carbocycles. The van der Waals surface area contributed by atoms with Crippen molar-refractivity contribution in [1.82, 2.24) is 14.9 Å². The molecule has 3 heterocycles. The highest BCUT2D eigenvalue weighted by molar-refractivity contribution is 7.13. The number of anilines is 2. The number of nitrogens with zero attached hydrogens (tertiary/aromatic N) is 3. The van der Waals surface area contributed by atoms with Gasteiger partial charge in [-0.3, -0.25) is 0 Å². The lowest BCUT2D eigenvalue weighted by Gasteiger charge is -2.33. The van der Waals surface area contributed by atoms with Crippen LogP contribution in [0.1, 0.15) is 44.9 Å². The SMILES string of the molecule is CC(C)(C)OC(=O)N1CCC(Cc2cc(CO)nc(Nc3nccs3)c2)CC1. The van der Waals surface area contributed by atoms with Gasteiger partial charge in [-0.1, -0.05) is 0 Å². The lowest BCUT2D eigenvalue weighted by molar-refractivity contribution is 0.0184. The normalized spacial score (nSPS) is 15.5. The number of aromatic nitrogens is 2. The fraction of sp³-hybridized carbons (Fsp3) is 0.550. The maximum Gasteiger partial charge on any atom is 0.410 e. The Bertz CT molecular complexity index is 781. The Morgan fingerprint density at radius 1 is 1.36 bits per heavy atom. The first-order valence-corrected chi connectivity index (χ1v) is 10.5. The van der Waals surface area contributed by atoms with Crippen molar-refractivity contribution in [1.29, 1.82) is 0 Å². The highest BCUT2D eigenvalue weighted by Crippen LogP contribution is 2.25. The topological polar surface area (TPSA) is 87.6 Å². The number of rotatable bonds is 5. The minimum atomic E-state index is -0.466. The number of pyridine rings is 1. The molecule has 0 bridgehead atoms. The zero-order chi connectivity index (χ0) is 20.1. The summed E-state index contributed by atoms with van der Waals surface area (Å²) in [5.74, 6) is 1.18. The van der Waals surface area contributed by atoms with Crippen LogP contribution in [0.4, 0.5) is 15.7 Å². The number of thiazole rings is 1. The van der Waals surface area contributed by atoms with Crippen molar-refractivity contribution < 1.29 is 14.6 Å². The van der Waals surface area contributed by atoms with Crippen LogP contribution in [0.3, 0.4) is 0 Å². The van der Waals surface area contributed by atoms with Crippen molar-refractivity contribution in [3.63, 3.8) is 0 Å². The van der Waals surface area contributed by atoms with Gasteiger partial charge in [-0.25, -0.2) is 14.8 Å². The van der Waals surface area contributed by atoms with E-state index in [2.05, 4.69) is 15.3 Å². The van der Waals surface area contributed by atoms with E-state index in [9.17, 15) is 9.90 Å². The summed E-state index contributed by atoms with van der Waals surface area (Å²) < 4.78 is 5.46. The van der Waals surface area contributed by atoms with E-state index >= 15 is 0 Å². The van der Waals surface area contributed by atoms with E-state index in [4.69, 9.17) is 4.74 Å². The van der Waals surface area contributed by atoms with Gasteiger partial charge in [-0.05, 0) is 63.6 Å². The molecule has 8 heteroatoms. The molecule has 1 amide bonds. The maximum atomic E-state index is 12.2. The summed E-state index contributed by atoms with van der Waals surface area (Å²) in [5, 5.41) is 15.4. The number of amides is 1. The van der Waals surface area contributed by atoms with E-state index in [0.29, 0.717) is 30.5 Å². The molecule has 0 spiro atoms. The lowest BCUT2D eigenvalue weighted by atomic mass is 9.90. The standard InChI is InChI=1S/C20H28N4O3S/c1-20(2,3)27-19(26)24-7-4-14(5-8-24)10-15-11-16(13-25)22-17(12-15)23-18-21-6-9-28-18/h6,9,11-12,14,25H,4-5,7-8,10,13H2,1-3H3,(H,21,22,23). The van der Waals surface area contributed by atoms with Crippen molar-refractivity contribution in [2.24, 2.45) is 5.92 Å². The second kappa shape index (κ2) is 8.87. The largest absolute Gasteiger partial charge is 0.444 e. The smallest absolute Gasteiger partial charge is 0.410 e. The summed E-state index contributed by atoms with van der Waals surface area (Å²) in [5.41, 5.74) is 1.31. The van der Waals surface area contributed by atoms with Gasteiger partial charge in [0.1, 0.15) is 11.4 Å². The molecule has 0 radical (unpaired) electrons. The Labute approximate surface area is 169 Å². The number of hydrogen-bond acceptors (Lipinski definition) is 7. The number of hydrogen-bond donors (Lipinski definition) is 2. The second-order valence-corrected chi connectivity index (χ2v) is 8.98. The van der Waals surface area contributed by atoms with E-state index in [1.54, 1.807) is 11.1 Å². The van der Waals surface area contributed by atoms with Gasteiger partial charge in [0.25, 0.3) is 0 Å². The monoisotopic (exact) mass is 404 g/mol. The van der Waals surface area contributed by atoms with Crippen LogP contribution in [0.25, 0.3) is 0 Å². The average molecular weight is 405 g/mol. The van der Waals surface area contributed by atoms with Gasteiger partial charge < -0.3 is 20.1 Å². The zero-order valence-corrected chi connectivity index (χ0v) is 17.5. The zero-order valence-electron chi connectivity index (χ0n) is 16.6. The molecular weight excluding hydrogens is 376 g/mol. The van der Waals surface area contributed by atoms with Crippen LogP contribution in [0.15, 0.2) is 23.7 Å². The predicted octanol–water partition coefficient (Wildman–Crippen LogP) is 3.96. The molecule has 1 aliphatic heterocycles. The van der Waals surface area contributed by atoms with Crippen molar-refractivity contribution >= 4 is 28.4 Å². The summed E-state index contributed by atoms with van der Waals surface area (Å²) in [7, 11) is 0. The number of nitrogens with one attached hydrogen (secondary N) is 1. The maximum absolute atomic E-state index is 12.2. The van der Waals surface area contributed by atoms with Crippen LogP contribution in [0, 0.1) is 5.92 Å². The van der Waals surface area contributed by atoms with Gasteiger partial charge >= 0.3 is 6.09 Å². The summed E-state index contributed by atoms with van der Waals surface area (Å²) >= 11 is 1.51. The minimum Gasteiger partial charge on any atom is -0.444 e. The van der Waals surface area contributed by atoms with E-state index in [1.807, 2.05) is 38.3 Å². The molecule has 2 aromatic rings. The van der Waals surface area contributed by atoms with Crippen molar-refractivity contribution in [2.45, 2.75) is 52.2 Å². The third-order valence-corrected chi connectivity index (χ3v) is 5.25. The summed E-state index contributed by atoms with van der Waals surface area (Å²) in [6.45, 7) is 6.98. The van der Waals surface area contributed by atoms with Gasteiger partial charge in [0.05, 0.1) is 12.3 Å². The third-order valence-electron chi connectivity index (χ3n) is 4.56. The second-order valence-electron chi connectivity index (χ2n) is 8.09. The Balaban J connectivity index is 1.59. The number of carbonyl (C=O) groups excluding carboxylic acids is 1. The Morgan fingerprint density at radius 2 is 2.11 bits per heavy atom. The quantitative estimate of drug-likeness (QED) is 0.784. The van der Waals surface area contributed by atoms with Crippen LogP contribution in [0.2, 0.25) is 0 Å². The number of aliphatic hydroxyl groups excluding tert-OH is 1. The lowest BCUT2D eigenvalue weighted by Crippen LogP contribution is -2.42. The first-order valence-electron chi connectivity index (χ1n) is 9.57. The van der Waals surface area contributed by atoms with E-state index in [-0.39, 0.29) is 12.7 Å². The molecule has 1 fully saturated rings. The summed E-state index contributed by atoms with van der Waals surface area (Å²) in [4.78, 5) is 22.7. The number of likely N-dealkylation sites (tertiary alicyclic amines) is 1. The molecule has 152 valence electrons. The molecule has 0 atom stereocenters. The van der Waals surface area contributed by atoms with Gasteiger partial charge in [-0.2, -0.15) is 0 Å². The van der Waals surface area contributed by atoms with Crippen LogP contribution in [-0.4, -0.2) is 44.8 Å². The summed E-state index contributed by atoms with van der Waals surface area (Å²) in [6, 6.07) is 3.97. The molecule has 1 saturated heterocycles. The van der Waals surface area contributed by atoms with Crippen LogP contribution in [0.5, 0.6) is 0 Å². The third kappa shape index (κ3) is 5.90. The van der Waals surface area contributed by atoms with Gasteiger partial charge in [0.15, 0.2) is 5.13 Å². The van der Waals surface area contributed by atoms with E-state index < -0.39 is 5.60 Å². The number of carbonyl (C=O) groups is 1. The molecule has 0 aliphatic carbocycles. The molecule has 0 aromatic carbocycles. The fourth-order valence-corrected chi connectivity index (χ4v) is 3.82. The molecule has 2 aromatic heterocycles. The molecule has 28 heavy (non-hydrogen) atoms. The van der Waals surface area contributed by atoms with Crippen LogP contribution >= 0.6 is 11.3 Å². The molecule has 0 unspecified atom stereocenters. The number of piperidine rings is 1. The minimum absolute atomic E-state index is 0.0997. The average Bonchev–Trinajstić information content (AvgIpc) is 3.13. The highest BCUT2D eigenvalue weighted by atomic mass is 32.1. The van der Waals surface area contributed by atoms with Crippen LogP contribution < -0.4 is 5.32 Å². The highest BCUT2D eigenvalue weighted by Gasteiger charge is 2.27. The first-order chi connectivity index (χ1) is 13.3. The van der Waals surface area contributed by atoms with Gasteiger partial charge in [0, 0.05) is 24.7 Å².